The van der Waals surface area contributed by atoms with Crippen molar-refractivity contribution in [1.82, 2.24) is 0 Å². The van der Waals surface area contributed by atoms with E-state index in [9.17, 15) is 4.39 Å². The second kappa shape index (κ2) is 4.47. The van der Waals surface area contributed by atoms with Gasteiger partial charge in [-0.3, -0.25) is 0 Å². The summed E-state index contributed by atoms with van der Waals surface area (Å²) in [7, 11) is 0. The van der Waals surface area contributed by atoms with Crippen LogP contribution in [0.25, 0.3) is 0 Å². The highest BCUT2D eigenvalue weighted by molar-refractivity contribution is 6.31. The Hall–Kier alpha value is -1.00. The fourth-order valence-electron chi connectivity index (χ4n) is 1.79. The molecule has 2 rings (SSSR count). The molecule has 1 aliphatic carbocycles. The van der Waals surface area contributed by atoms with Crippen molar-refractivity contribution in [2.45, 2.75) is 18.9 Å². The smallest absolute Gasteiger partial charge is 0.144 e. The van der Waals surface area contributed by atoms with Gasteiger partial charge in [0.05, 0.1) is 23.0 Å². The van der Waals surface area contributed by atoms with E-state index >= 15 is 0 Å². The van der Waals surface area contributed by atoms with E-state index < -0.39 is 5.82 Å². The van der Waals surface area contributed by atoms with Crippen molar-refractivity contribution in [2.75, 3.05) is 23.8 Å². The average molecular weight is 245 g/mol. The third-order valence-electron chi connectivity index (χ3n) is 2.71. The van der Waals surface area contributed by atoms with Crippen LogP contribution >= 0.6 is 11.6 Å². The van der Waals surface area contributed by atoms with Gasteiger partial charge in [0, 0.05) is 18.7 Å². The van der Waals surface area contributed by atoms with E-state index in [1.807, 2.05) is 4.90 Å². The molecule has 3 nitrogen and oxygen atoms in total. The van der Waals surface area contributed by atoms with Crippen LogP contribution in [0.4, 0.5) is 15.8 Å². The number of hydrogen-bond acceptors (Lipinski definition) is 3. The molecule has 0 saturated heterocycles. The minimum atomic E-state index is -0.477. The summed E-state index contributed by atoms with van der Waals surface area (Å²) >= 11 is 5.64. The summed E-state index contributed by atoms with van der Waals surface area (Å²) < 4.78 is 13.4. The Morgan fingerprint density at radius 2 is 2.19 bits per heavy atom. The molecule has 5 heteroatoms. The third kappa shape index (κ3) is 2.23. The van der Waals surface area contributed by atoms with Crippen LogP contribution in [-0.4, -0.2) is 24.3 Å². The first kappa shape index (κ1) is 11.5. The summed E-state index contributed by atoms with van der Waals surface area (Å²) in [5.41, 5.74) is 6.89. The van der Waals surface area contributed by atoms with Crippen molar-refractivity contribution >= 4 is 23.0 Å². The number of aliphatic hydroxyl groups is 1. The van der Waals surface area contributed by atoms with Gasteiger partial charge in [0.2, 0.25) is 0 Å². The molecule has 88 valence electrons. The topological polar surface area (TPSA) is 49.5 Å². The van der Waals surface area contributed by atoms with E-state index in [2.05, 4.69) is 0 Å². The van der Waals surface area contributed by atoms with E-state index in [0.717, 1.165) is 12.8 Å². The number of benzene rings is 1. The molecular formula is C11H14ClFN2O. The molecule has 1 aliphatic rings. The number of nitrogen functional groups attached to an aromatic ring is 1. The molecule has 0 amide bonds. The van der Waals surface area contributed by atoms with Crippen LogP contribution in [0.15, 0.2) is 12.1 Å². The Kier molecular flexibility index (Phi) is 3.21. The van der Waals surface area contributed by atoms with Crippen molar-refractivity contribution in [2.24, 2.45) is 0 Å². The molecule has 3 N–H and O–H groups in total. The molecule has 0 bridgehead atoms. The normalized spacial score (nSPS) is 15.2. The van der Waals surface area contributed by atoms with Crippen LogP contribution in [-0.2, 0) is 0 Å². The van der Waals surface area contributed by atoms with Crippen molar-refractivity contribution in [3.63, 3.8) is 0 Å². The lowest BCUT2D eigenvalue weighted by Gasteiger charge is -2.25. The van der Waals surface area contributed by atoms with Gasteiger partial charge in [0.1, 0.15) is 5.82 Å². The van der Waals surface area contributed by atoms with Gasteiger partial charge in [0.25, 0.3) is 0 Å². The lowest BCUT2D eigenvalue weighted by molar-refractivity contribution is 0.301. The van der Waals surface area contributed by atoms with Crippen molar-refractivity contribution in [3.05, 3.63) is 23.0 Å². The maximum absolute atomic E-state index is 13.4. The SMILES string of the molecule is Nc1cc(Cl)c(F)cc1N(CCO)C1CC1. The zero-order valence-electron chi connectivity index (χ0n) is 8.79. The quantitative estimate of drug-likeness (QED) is 0.797. The molecule has 0 atom stereocenters. The van der Waals surface area contributed by atoms with Crippen LogP contribution in [0.2, 0.25) is 5.02 Å². The molecule has 1 fully saturated rings. The van der Waals surface area contributed by atoms with Crippen LogP contribution in [0.3, 0.4) is 0 Å². The molecule has 0 heterocycles. The molecule has 1 saturated carbocycles. The predicted octanol–water partition coefficient (Wildman–Crippen LogP) is 2.02. The standard InChI is InChI=1S/C11H14ClFN2O/c12-8-5-10(14)11(6-9(8)13)15(3-4-16)7-1-2-7/h5-7,16H,1-4,14H2. The lowest BCUT2D eigenvalue weighted by Crippen LogP contribution is -2.29. The van der Waals surface area contributed by atoms with Gasteiger partial charge in [-0.15, -0.1) is 0 Å². The summed E-state index contributed by atoms with van der Waals surface area (Å²) in [6.07, 6.45) is 2.12. The largest absolute Gasteiger partial charge is 0.397 e. The summed E-state index contributed by atoms with van der Waals surface area (Å²) in [6, 6.07) is 3.12. The van der Waals surface area contributed by atoms with Crippen LogP contribution in [0, 0.1) is 5.82 Å². The van der Waals surface area contributed by atoms with Crippen molar-refractivity contribution in [3.8, 4) is 0 Å². The second-order valence-electron chi connectivity index (χ2n) is 3.97. The first-order valence-electron chi connectivity index (χ1n) is 5.25. The molecule has 0 radical (unpaired) electrons. The van der Waals surface area contributed by atoms with Gasteiger partial charge in [-0.05, 0) is 18.9 Å². The van der Waals surface area contributed by atoms with Gasteiger partial charge in [0.15, 0.2) is 0 Å². The van der Waals surface area contributed by atoms with E-state index in [4.69, 9.17) is 22.4 Å². The third-order valence-corrected chi connectivity index (χ3v) is 3.00. The molecule has 0 aliphatic heterocycles. The molecule has 1 aromatic carbocycles. The van der Waals surface area contributed by atoms with E-state index in [0.29, 0.717) is 24.0 Å². The second-order valence-corrected chi connectivity index (χ2v) is 4.38. The highest BCUT2D eigenvalue weighted by atomic mass is 35.5. The number of nitrogens with zero attached hydrogens (tertiary/aromatic N) is 1. The fourth-order valence-corrected chi connectivity index (χ4v) is 1.97. The fraction of sp³-hybridized carbons (Fsp3) is 0.455. The number of hydrogen-bond donors (Lipinski definition) is 2. The highest BCUT2D eigenvalue weighted by Crippen LogP contribution is 2.36. The summed E-state index contributed by atoms with van der Waals surface area (Å²) in [5, 5.41) is 9.02. The van der Waals surface area contributed by atoms with E-state index in [1.54, 1.807) is 0 Å². The van der Waals surface area contributed by atoms with Gasteiger partial charge in [-0.2, -0.15) is 0 Å². The van der Waals surface area contributed by atoms with Crippen molar-refractivity contribution < 1.29 is 9.50 Å². The Bertz CT molecular complexity index is 396. The first-order valence-corrected chi connectivity index (χ1v) is 5.63. The highest BCUT2D eigenvalue weighted by Gasteiger charge is 2.30. The van der Waals surface area contributed by atoms with Gasteiger partial charge < -0.3 is 15.7 Å². The zero-order chi connectivity index (χ0) is 11.7. The molecule has 16 heavy (non-hydrogen) atoms. The van der Waals surface area contributed by atoms with Gasteiger partial charge in [-0.1, -0.05) is 11.6 Å². The Labute approximate surface area is 98.6 Å². The zero-order valence-corrected chi connectivity index (χ0v) is 9.54. The lowest BCUT2D eigenvalue weighted by atomic mass is 10.2. The van der Waals surface area contributed by atoms with Crippen LogP contribution in [0.1, 0.15) is 12.8 Å². The van der Waals surface area contributed by atoms with E-state index in [1.165, 1.54) is 12.1 Å². The first-order chi connectivity index (χ1) is 7.63. The number of halogens is 2. The average Bonchev–Trinajstić information content (AvgIpc) is 3.04. The minimum absolute atomic E-state index is 0.0280. The Balaban J connectivity index is 2.32. The molecular weight excluding hydrogens is 231 g/mol. The predicted molar refractivity (Wildman–Crippen MR) is 63.3 cm³/mol. The molecule has 0 unspecified atom stereocenters. The maximum Gasteiger partial charge on any atom is 0.144 e. The minimum Gasteiger partial charge on any atom is -0.397 e. The van der Waals surface area contributed by atoms with Crippen molar-refractivity contribution in [1.29, 1.82) is 0 Å². The number of nitrogens with two attached hydrogens (primary N) is 1. The van der Waals surface area contributed by atoms with E-state index in [-0.39, 0.29) is 11.6 Å². The summed E-state index contributed by atoms with van der Waals surface area (Å²) in [4.78, 5) is 1.94. The summed E-state index contributed by atoms with van der Waals surface area (Å²) in [6.45, 7) is 0.496. The van der Waals surface area contributed by atoms with Crippen LogP contribution in [0.5, 0.6) is 0 Å². The molecule has 0 aromatic heterocycles. The van der Waals surface area contributed by atoms with Gasteiger partial charge in [-0.25, -0.2) is 4.39 Å². The van der Waals surface area contributed by atoms with Crippen LogP contribution < -0.4 is 10.6 Å². The van der Waals surface area contributed by atoms with Gasteiger partial charge >= 0.3 is 0 Å². The molecule has 0 spiro atoms. The number of anilines is 2. The monoisotopic (exact) mass is 244 g/mol. The molecule has 1 aromatic rings. The Morgan fingerprint density at radius 3 is 2.75 bits per heavy atom. The maximum atomic E-state index is 13.4. The number of rotatable bonds is 4. The Morgan fingerprint density at radius 1 is 1.50 bits per heavy atom. The summed E-state index contributed by atoms with van der Waals surface area (Å²) in [5.74, 6) is -0.477. The number of aliphatic hydroxyl groups excluding tert-OH is 1.